The molecule has 0 saturated carbocycles. The van der Waals surface area contributed by atoms with Crippen LogP contribution in [0.5, 0.6) is 0 Å². The molecule has 0 bridgehead atoms. The maximum atomic E-state index is 12.5. The first-order valence-corrected chi connectivity index (χ1v) is 8.07. The summed E-state index contributed by atoms with van der Waals surface area (Å²) in [4.78, 5) is 2.35. The first-order chi connectivity index (χ1) is 10.1. The summed E-state index contributed by atoms with van der Waals surface area (Å²) in [6, 6.07) is 12.8. The predicted molar refractivity (Wildman–Crippen MR) is 82.3 cm³/mol. The van der Waals surface area contributed by atoms with Gasteiger partial charge in [0.2, 0.25) is 9.84 Å². The summed E-state index contributed by atoms with van der Waals surface area (Å²) in [5.41, 5.74) is 3.69. The Morgan fingerprint density at radius 3 is 2.10 bits per heavy atom. The monoisotopic (exact) mass is 321 g/mol. The Bertz CT molecular complexity index is 771. The zero-order chi connectivity index (χ0) is 14.9. The van der Waals surface area contributed by atoms with E-state index in [0.29, 0.717) is 11.7 Å². The van der Waals surface area contributed by atoms with Crippen LogP contribution in [0.15, 0.2) is 63.4 Å². The Labute approximate surface area is 127 Å². The lowest BCUT2D eigenvalue weighted by Gasteiger charge is -2.13. The lowest BCUT2D eigenvalue weighted by atomic mass is 10.3. The van der Waals surface area contributed by atoms with Crippen LogP contribution in [0.4, 0.5) is 5.69 Å². The highest BCUT2D eigenvalue weighted by atomic mass is 35.5. The zero-order valence-corrected chi connectivity index (χ0v) is 12.5. The minimum absolute atomic E-state index is 0.226. The van der Waals surface area contributed by atoms with Crippen molar-refractivity contribution in [2.45, 2.75) is 9.79 Å². The molecule has 5 nitrogen and oxygen atoms in total. The van der Waals surface area contributed by atoms with Crippen LogP contribution in [0.1, 0.15) is 0 Å². The summed E-state index contributed by atoms with van der Waals surface area (Å²) in [6.07, 6.45) is 1.66. The predicted octanol–water partition coefficient (Wildman–Crippen LogP) is 2.48. The van der Waals surface area contributed by atoms with Crippen LogP contribution in [-0.2, 0) is 9.84 Å². The molecule has 3 rings (SSSR count). The molecule has 2 aromatic rings. The van der Waals surface area contributed by atoms with Crippen LogP contribution in [0.2, 0.25) is 5.02 Å². The molecule has 108 valence electrons. The van der Waals surface area contributed by atoms with Gasteiger partial charge in [-0.3, -0.25) is 5.43 Å². The molecule has 0 aliphatic carbocycles. The van der Waals surface area contributed by atoms with Crippen molar-refractivity contribution in [2.75, 3.05) is 11.6 Å². The topological polar surface area (TPSA) is 61.8 Å². The van der Waals surface area contributed by atoms with Crippen LogP contribution in [0, 0.1) is 0 Å². The van der Waals surface area contributed by atoms with Crippen molar-refractivity contribution >= 4 is 33.5 Å². The Morgan fingerprint density at radius 2 is 1.57 bits per heavy atom. The van der Waals surface area contributed by atoms with Crippen molar-refractivity contribution in [3.05, 3.63) is 53.6 Å². The second-order valence-corrected chi connectivity index (χ2v) is 6.87. The fourth-order valence-corrected chi connectivity index (χ4v) is 3.38. The standard InChI is InChI=1S/C14H12ClN3O2S/c15-11-1-5-13(6-2-11)21(19,20)14-7-3-12(4-8-14)18-9-16-17-10-18/h1-9,17H,10H2. The molecule has 2 aromatic carbocycles. The number of rotatable bonds is 3. The van der Waals surface area contributed by atoms with Gasteiger partial charge in [0.05, 0.1) is 9.79 Å². The molecule has 0 unspecified atom stereocenters. The highest BCUT2D eigenvalue weighted by Crippen LogP contribution is 2.24. The number of nitrogens with zero attached hydrogens (tertiary/aromatic N) is 2. The lowest BCUT2D eigenvalue weighted by Crippen LogP contribution is -2.22. The van der Waals surface area contributed by atoms with E-state index in [-0.39, 0.29) is 9.79 Å². The third-order valence-corrected chi connectivity index (χ3v) is 5.17. The SMILES string of the molecule is O=S(=O)(c1ccc(Cl)cc1)c1ccc(N2C=NNC2)cc1. The molecule has 1 aliphatic rings. The van der Waals surface area contributed by atoms with E-state index in [0.717, 1.165) is 5.69 Å². The van der Waals surface area contributed by atoms with Gasteiger partial charge in [-0.2, -0.15) is 5.10 Å². The Hall–Kier alpha value is -2.05. The van der Waals surface area contributed by atoms with E-state index in [9.17, 15) is 8.42 Å². The number of hydrogen-bond acceptors (Lipinski definition) is 5. The van der Waals surface area contributed by atoms with Gasteiger partial charge in [0.25, 0.3) is 0 Å². The molecule has 0 spiro atoms. The number of benzene rings is 2. The van der Waals surface area contributed by atoms with E-state index >= 15 is 0 Å². The van der Waals surface area contributed by atoms with Gasteiger partial charge < -0.3 is 4.90 Å². The molecule has 0 fully saturated rings. The van der Waals surface area contributed by atoms with Gasteiger partial charge in [-0.05, 0) is 48.5 Å². The average Bonchev–Trinajstić information content (AvgIpc) is 3.02. The average molecular weight is 322 g/mol. The molecule has 1 N–H and O–H groups in total. The molecule has 0 atom stereocenters. The number of halogens is 1. The lowest BCUT2D eigenvalue weighted by molar-refractivity contribution is 0.596. The van der Waals surface area contributed by atoms with Crippen molar-refractivity contribution < 1.29 is 8.42 Å². The highest BCUT2D eigenvalue weighted by molar-refractivity contribution is 7.91. The quantitative estimate of drug-likeness (QED) is 0.943. The maximum Gasteiger partial charge on any atom is 0.206 e. The van der Waals surface area contributed by atoms with E-state index in [1.54, 1.807) is 42.7 Å². The minimum atomic E-state index is -3.52. The summed E-state index contributed by atoms with van der Waals surface area (Å²) >= 11 is 5.78. The smallest absolute Gasteiger partial charge is 0.206 e. The summed E-state index contributed by atoms with van der Waals surface area (Å²) < 4.78 is 25.0. The molecule has 0 amide bonds. The van der Waals surface area contributed by atoms with Crippen LogP contribution >= 0.6 is 11.6 Å². The summed E-state index contributed by atoms with van der Waals surface area (Å²) in [5, 5.41) is 4.39. The molecule has 21 heavy (non-hydrogen) atoms. The van der Waals surface area contributed by atoms with Crippen LogP contribution in [-0.4, -0.2) is 21.4 Å². The molecule has 1 aliphatic heterocycles. The van der Waals surface area contributed by atoms with E-state index in [1.165, 1.54) is 12.1 Å². The molecular weight excluding hydrogens is 310 g/mol. The zero-order valence-electron chi connectivity index (χ0n) is 10.9. The Morgan fingerprint density at radius 1 is 1.00 bits per heavy atom. The van der Waals surface area contributed by atoms with Crippen LogP contribution in [0.25, 0.3) is 0 Å². The molecular formula is C14H12ClN3O2S. The van der Waals surface area contributed by atoms with Gasteiger partial charge >= 0.3 is 0 Å². The largest absolute Gasteiger partial charge is 0.311 e. The fraction of sp³-hybridized carbons (Fsp3) is 0.0714. The van der Waals surface area contributed by atoms with E-state index in [2.05, 4.69) is 10.5 Å². The third-order valence-electron chi connectivity index (χ3n) is 3.13. The number of anilines is 1. The molecule has 7 heteroatoms. The second-order valence-electron chi connectivity index (χ2n) is 4.48. The number of sulfone groups is 1. The molecule has 1 heterocycles. The highest BCUT2D eigenvalue weighted by Gasteiger charge is 2.18. The van der Waals surface area contributed by atoms with Crippen molar-refractivity contribution in [2.24, 2.45) is 5.10 Å². The molecule has 0 aromatic heterocycles. The van der Waals surface area contributed by atoms with Crippen molar-refractivity contribution in [3.8, 4) is 0 Å². The van der Waals surface area contributed by atoms with Crippen LogP contribution < -0.4 is 10.3 Å². The van der Waals surface area contributed by atoms with E-state index in [1.807, 2.05) is 4.90 Å². The number of nitrogens with one attached hydrogen (secondary N) is 1. The molecule has 0 saturated heterocycles. The fourth-order valence-electron chi connectivity index (χ4n) is 1.99. The molecule has 0 radical (unpaired) electrons. The van der Waals surface area contributed by atoms with Crippen LogP contribution in [0.3, 0.4) is 0 Å². The summed E-state index contributed by atoms with van der Waals surface area (Å²) in [7, 11) is -3.52. The first-order valence-electron chi connectivity index (χ1n) is 6.21. The van der Waals surface area contributed by atoms with Crippen molar-refractivity contribution in [3.63, 3.8) is 0 Å². The number of hydrazone groups is 1. The Balaban J connectivity index is 1.92. The van der Waals surface area contributed by atoms with Gasteiger partial charge in [0.15, 0.2) is 0 Å². The number of hydrogen-bond donors (Lipinski definition) is 1. The maximum absolute atomic E-state index is 12.5. The normalized spacial score (nSPS) is 14.2. The van der Waals surface area contributed by atoms with Gasteiger partial charge in [0, 0.05) is 10.7 Å². The van der Waals surface area contributed by atoms with Gasteiger partial charge in [-0.15, -0.1) is 0 Å². The van der Waals surface area contributed by atoms with Crippen molar-refractivity contribution in [1.29, 1.82) is 0 Å². The first kappa shape index (κ1) is 13.9. The van der Waals surface area contributed by atoms with Gasteiger partial charge in [-0.25, -0.2) is 8.42 Å². The summed E-state index contributed by atoms with van der Waals surface area (Å²) in [6.45, 7) is 0.573. The van der Waals surface area contributed by atoms with Gasteiger partial charge in [-0.1, -0.05) is 11.6 Å². The van der Waals surface area contributed by atoms with Crippen molar-refractivity contribution in [1.82, 2.24) is 5.43 Å². The van der Waals surface area contributed by atoms with E-state index < -0.39 is 9.84 Å². The van der Waals surface area contributed by atoms with Gasteiger partial charge in [0.1, 0.15) is 13.0 Å². The Kier molecular flexibility index (Phi) is 3.57. The third kappa shape index (κ3) is 2.72. The second kappa shape index (κ2) is 5.38. The summed E-state index contributed by atoms with van der Waals surface area (Å²) in [5.74, 6) is 0. The minimum Gasteiger partial charge on any atom is -0.311 e. The van der Waals surface area contributed by atoms with E-state index in [4.69, 9.17) is 11.6 Å².